The minimum atomic E-state index is -0.173. The van der Waals surface area contributed by atoms with Crippen LogP contribution in [0.2, 0.25) is 0 Å². The maximum atomic E-state index is 11.5. The van der Waals surface area contributed by atoms with Crippen LogP contribution in [0.5, 0.6) is 0 Å². The molecule has 1 aromatic heterocycles. The molecule has 0 aliphatic carbocycles. The van der Waals surface area contributed by atoms with Gasteiger partial charge in [0.05, 0.1) is 6.61 Å². The van der Waals surface area contributed by atoms with Crippen LogP contribution in [0.4, 0.5) is 0 Å². The molecular weight excluding hydrogens is 244 g/mol. The summed E-state index contributed by atoms with van der Waals surface area (Å²) in [4.78, 5) is 12.2. The highest BCUT2D eigenvalue weighted by molar-refractivity contribution is 7.11. The molecule has 0 bridgehead atoms. The first kappa shape index (κ1) is 15.2. The van der Waals surface area contributed by atoms with Gasteiger partial charge in [-0.15, -0.1) is 11.3 Å². The van der Waals surface area contributed by atoms with Gasteiger partial charge in [0.15, 0.2) is 0 Å². The van der Waals surface area contributed by atoms with E-state index in [2.05, 4.69) is 6.92 Å². The largest absolute Gasteiger partial charge is 0.462 e. The summed E-state index contributed by atoms with van der Waals surface area (Å²) >= 11 is 1.44. The number of unbranched alkanes of at least 4 members (excludes halogenated alkanes) is 7. The zero-order valence-electron chi connectivity index (χ0n) is 11.3. The predicted octanol–water partition coefficient (Wildman–Crippen LogP) is 5.05. The number of hydrogen-bond donors (Lipinski definition) is 0. The normalized spacial score (nSPS) is 10.5. The first-order valence-electron chi connectivity index (χ1n) is 7.05. The van der Waals surface area contributed by atoms with E-state index < -0.39 is 0 Å². The van der Waals surface area contributed by atoms with Crippen molar-refractivity contribution in [2.24, 2.45) is 0 Å². The third-order valence-electron chi connectivity index (χ3n) is 2.95. The lowest BCUT2D eigenvalue weighted by Gasteiger charge is -2.03. The summed E-state index contributed by atoms with van der Waals surface area (Å²) in [6.45, 7) is 2.80. The minimum Gasteiger partial charge on any atom is -0.462 e. The summed E-state index contributed by atoms with van der Waals surface area (Å²) in [6, 6.07) is 3.68. The van der Waals surface area contributed by atoms with Crippen molar-refractivity contribution in [1.29, 1.82) is 0 Å². The highest BCUT2D eigenvalue weighted by Gasteiger charge is 2.06. The van der Waals surface area contributed by atoms with Crippen molar-refractivity contribution in [3.8, 4) is 0 Å². The van der Waals surface area contributed by atoms with E-state index in [4.69, 9.17) is 4.74 Å². The van der Waals surface area contributed by atoms with Crippen LogP contribution in [0.25, 0.3) is 0 Å². The van der Waals surface area contributed by atoms with Gasteiger partial charge < -0.3 is 4.74 Å². The van der Waals surface area contributed by atoms with Gasteiger partial charge in [0.2, 0.25) is 0 Å². The van der Waals surface area contributed by atoms with E-state index in [0.29, 0.717) is 11.5 Å². The number of thiophene rings is 1. The SMILES string of the molecule is CCCCCCCCCCOC(=O)c1cccs1. The Hall–Kier alpha value is -0.830. The van der Waals surface area contributed by atoms with E-state index in [9.17, 15) is 4.79 Å². The van der Waals surface area contributed by atoms with Gasteiger partial charge in [0.1, 0.15) is 4.88 Å². The molecule has 102 valence electrons. The second-order valence-corrected chi connectivity index (χ2v) is 5.54. The van der Waals surface area contributed by atoms with Gasteiger partial charge in [0.25, 0.3) is 0 Å². The number of esters is 1. The zero-order chi connectivity index (χ0) is 13.1. The van der Waals surface area contributed by atoms with Crippen LogP contribution >= 0.6 is 11.3 Å². The van der Waals surface area contributed by atoms with Gasteiger partial charge in [-0.05, 0) is 17.9 Å². The molecule has 0 N–H and O–H groups in total. The van der Waals surface area contributed by atoms with Crippen molar-refractivity contribution in [3.05, 3.63) is 22.4 Å². The van der Waals surface area contributed by atoms with Crippen LogP contribution in [0.1, 0.15) is 68.0 Å². The Morgan fingerprint density at radius 3 is 2.39 bits per heavy atom. The predicted molar refractivity (Wildman–Crippen MR) is 77.2 cm³/mol. The number of carbonyl (C=O) groups excluding carboxylic acids is 1. The summed E-state index contributed by atoms with van der Waals surface area (Å²) in [6.07, 6.45) is 10.1. The Morgan fingerprint density at radius 1 is 1.11 bits per heavy atom. The highest BCUT2D eigenvalue weighted by atomic mass is 32.1. The summed E-state index contributed by atoms with van der Waals surface area (Å²) in [5.74, 6) is -0.173. The molecule has 0 amide bonds. The van der Waals surface area contributed by atoms with Gasteiger partial charge in [-0.2, -0.15) is 0 Å². The first-order chi connectivity index (χ1) is 8.84. The van der Waals surface area contributed by atoms with E-state index in [1.807, 2.05) is 11.4 Å². The molecule has 1 rings (SSSR count). The van der Waals surface area contributed by atoms with E-state index in [0.717, 1.165) is 6.42 Å². The molecular formula is C15H24O2S. The molecule has 0 saturated heterocycles. The maximum Gasteiger partial charge on any atom is 0.348 e. The molecule has 0 saturated carbocycles. The minimum absolute atomic E-state index is 0.173. The van der Waals surface area contributed by atoms with E-state index in [1.165, 1.54) is 56.3 Å². The standard InChI is InChI=1S/C15H24O2S/c1-2-3-4-5-6-7-8-9-12-17-15(16)14-11-10-13-18-14/h10-11,13H,2-9,12H2,1H3. The third-order valence-corrected chi connectivity index (χ3v) is 3.80. The second-order valence-electron chi connectivity index (χ2n) is 4.59. The summed E-state index contributed by atoms with van der Waals surface area (Å²) < 4.78 is 5.20. The van der Waals surface area contributed by atoms with Crippen LogP contribution in [0, 0.1) is 0 Å². The third kappa shape index (κ3) is 6.80. The number of hydrogen-bond acceptors (Lipinski definition) is 3. The van der Waals surface area contributed by atoms with Crippen LogP contribution < -0.4 is 0 Å². The first-order valence-corrected chi connectivity index (χ1v) is 7.93. The summed E-state index contributed by atoms with van der Waals surface area (Å²) in [7, 11) is 0. The molecule has 0 aliphatic rings. The van der Waals surface area contributed by atoms with Crippen molar-refractivity contribution >= 4 is 17.3 Å². The molecule has 0 unspecified atom stereocenters. The molecule has 18 heavy (non-hydrogen) atoms. The molecule has 0 spiro atoms. The lowest BCUT2D eigenvalue weighted by atomic mass is 10.1. The molecule has 1 heterocycles. The smallest absolute Gasteiger partial charge is 0.348 e. The van der Waals surface area contributed by atoms with Crippen LogP contribution in [-0.2, 0) is 4.74 Å². The Bertz CT molecular complexity index is 306. The highest BCUT2D eigenvalue weighted by Crippen LogP contribution is 2.11. The molecule has 1 aromatic rings. The Kier molecular flexibility index (Phi) is 8.57. The fraction of sp³-hybridized carbons (Fsp3) is 0.667. The van der Waals surface area contributed by atoms with Crippen molar-refractivity contribution in [1.82, 2.24) is 0 Å². The average molecular weight is 268 g/mol. The Balaban J connectivity index is 1.88. The van der Waals surface area contributed by atoms with E-state index in [1.54, 1.807) is 6.07 Å². The van der Waals surface area contributed by atoms with Gasteiger partial charge in [-0.25, -0.2) is 4.79 Å². The molecule has 0 atom stereocenters. The molecule has 0 aliphatic heterocycles. The fourth-order valence-corrected chi connectivity index (χ4v) is 2.48. The van der Waals surface area contributed by atoms with Crippen molar-refractivity contribution in [2.75, 3.05) is 6.61 Å². The van der Waals surface area contributed by atoms with Gasteiger partial charge >= 0.3 is 5.97 Å². The quantitative estimate of drug-likeness (QED) is 0.438. The molecule has 2 nitrogen and oxygen atoms in total. The molecule has 3 heteroatoms. The Morgan fingerprint density at radius 2 is 1.78 bits per heavy atom. The van der Waals surface area contributed by atoms with Crippen LogP contribution in [-0.4, -0.2) is 12.6 Å². The van der Waals surface area contributed by atoms with Crippen molar-refractivity contribution in [3.63, 3.8) is 0 Å². The number of carbonyl (C=O) groups is 1. The second kappa shape index (κ2) is 10.1. The van der Waals surface area contributed by atoms with E-state index in [-0.39, 0.29) is 5.97 Å². The maximum absolute atomic E-state index is 11.5. The average Bonchev–Trinajstić information content (AvgIpc) is 2.90. The van der Waals surface area contributed by atoms with Gasteiger partial charge in [0, 0.05) is 0 Å². The summed E-state index contributed by atoms with van der Waals surface area (Å²) in [5, 5.41) is 1.90. The topological polar surface area (TPSA) is 26.3 Å². The Labute approximate surface area is 114 Å². The fourth-order valence-electron chi connectivity index (χ4n) is 1.87. The zero-order valence-corrected chi connectivity index (χ0v) is 12.1. The lowest BCUT2D eigenvalue weighted by molar-refractivity contribution is 0.0503. The van der Waals surface area contributed by atoms with Crippen molar-refractivity contribution in [2.45, 2.75) is 58.3 Å². The van der Waals surface area contributed by atoms with E-state index >= 15 is 0 Å². The molecule has 0 aromatic carbocycles. The monoisotopic (exact) mass is 268 g/mol. The number of rotatable bonds is 10. The molecule has 0 radical (unpaired) electrons. The van der Waals surface area contributed by atoms with Gasteiger partial charge in [-0.1, -0.05) is 57.9 Å². The van der Waals surface area contributed by atoms with Crippen LogP contribution in [0.3, 0.4) is 0 Å². The van der Waals surface area contributed by atoms with Gasteiger partial charge in [-0.3, -0.25) is 0 Å². The molecule has 0 fully saturated rings. The van der Waals surface area contributed by atoms with Crippen LogP contribution in [0.15, 0.2) is 17.5 Å². The number of ether oxygens (including phenoxy) is 1. The van der Waals surface area contributed by atoms with Crippen molar-refractivity contribution < 1.29 is 9.53 Å². The lowest BCUT2D eigenvalue weighted by Crippen LogP contribution is -2.04. The summed E-state index contributed by atoms with van der Waals surface area (Å²) in [5.41, 5.74) is 0.